The zero-order valence-corrected chi connectivity index (χ0v) is 16.8. The van der Waals surface area contributed by atoms with Crippen molar-refractivity contribution in [1.29, 1.82) is 0 Å². The van der Waals surface area contributed by atoms with E-state index >= 15 is 0 Å². The summed E-state index contributed by atoms with van der Waals surface area (Å²) in [5.74, 6) is 0.161. The van der Waals surface area contributed by atoms with Crippen molar-refractivity contribution in [1.82, 2.24) is 24.5 Å². The van der Waals surface area contributed by atoms with Crippen LogP contribution in [0.4, 0.5) is 0 Å². The van der Waals surface area contributed by atoms with Crippen molar-refractivity contribution < 1.29 is 4.79 Å². The summed E-state index contributed by atoms with van der Waals surface area (Å²) >= 11 is 0. The molecular weight excluding hydrogens is 350 g/mol. The van der Waals surface area contributed by atoms with Crippen molar-refractivity contribution in [2.45, 2.75) is 45.6 Å². The van der Waals surface area contributed by atoms with Gasteiger partial charge in [-0.25, -0.2) is 4.68 Å². The number of rotatable bonds is 4. The van der Waals surface area contributed by atoms with Gasteiger partial charge in [-0.2, -0.15) is 10.2 Å². The van der Waals surface area contributed by atoms with Crippen LogP contribution in [0.15, 0.2) is 42.6 Å². The van der Waals surface area contributed by atoms with Gasteiger partial charge in [-0.05, 0) is 51.3 Å². The molecule has 6 nitrogen and oxygen atoms in total. The third-order valence-corrected chi connectivity index (χ3v) is 5.67. The zero-order valence-electron chi connectivity index (χ0n) is 16.8. The molecule has 0 unspecified atom stereocenters. The van der Waals surface area contributed by atoms with Crippen molar-refractivity contribution in [2.24, 2.45) is 7.05 Å². The molecule has 1 aliphatic heterocycles. The lowest BCUT2D eigenvalue weighted by Gasteiger charge is -2.35. The largest absolute Gasteiger partial charge is 0.334 e. The smallest absolute Gasteiger partial charge is 0.227 e. The van der Waals surface area contributed by atoms with E-state index < -0.39 is 0 Å². The van der Waals surface area contributed by atoms with Gasteiger partial charge in [0.25, 0.3) is 0 Å². The van der Waals surface area contributed by atoms with E-state index in [0.29, 0.717) is 6.42 Å². The highest BCUT2D eigenvalue weighted by Gasteiger charge is 2.30. The van der Waals surface area contributed by atoms with E-state index in [4.69, 9.17) is 0 Å². The molecule has 6 heteroatoms. The fraction of sp³-hybridized carbons (Fsp3) is 0.409. The molecule has 28 heavy (non-hydrogen) atoms. The number of aromatic nitrogens is 4. The molecule has 1 aliphatic rings. The molecule has 0 bridgehead atoms. The highest BCUT2D eigenvalue weighted by Crippen LogP contribution is 2.31. The summed E-state index contributed by atoms with van der Waals surface area (Å²) in [5, 5.41) is 9.25. The lowest BCUT2D eigenvalue weighted by molar-refractivity contribution is -0.134. The summed E-state index contributed by atoms with van der Waals surface area (Å²) < 4.78 is 3.75. The Kier molecular flexibility index (Phi) is 5.03. The molecule has 0 spiro atoms. The highest BCUT2D eigenvalue weighted by molar-refractivity contribution is 5.80. The summed E-state index contributed by atoms with van der Waals surface area (Å²) in [6, 6.07) is 12.2. The zero-order chi connectivity index (χ0) is 19.7. The maximum Gasteiger partial charge on any atom is 0.227 e. The normalized spacial score (nSPS) is 17.1. The molecule has 3 heterocycles. The SMILES string of the molecule is Cc1nn(-c2ccccc2)c(C)c1CC(=O)N1CCCC[C@H]1c1ccn(C)n1. The predicted molar refractivity (Wildman–Crippen MR) is 108 cm³/mol. The summed E-state index contributed by atoms with van der Waals surface area (Å²) in [6.45, 7) is 4.83. The molecule has 0 aliphatic carbocycles. The van der Waals surface area contributed by atoms with Gasteiger partial charge in [0.1, 0.15) is 0 Å². The number of likely N-dealkylation sites (tertiary alicyclic amines) is 1. The Bertz CT molecular complexity index is 972. The maximum absolute atomic E-state index is 13.3. The van der Waals surface area contributed by atoms with E-state index in [1.807, 2.05) is 77.8 Å². The average Bonchev–Trinajstić information content (AvgIpc) is 3.27. The first-order valence-corrected chi connectivity index (χ1v) is 9.94. The lowest BCUT2D eigenvalue weighted by Crippen LogP contribution is -2.39. The van der Waals surface area contributed by atoms with E-state index in [1.165, 1.54) is 0 Å². The molecule has 1 amide bonds. The van der Waals surface area contributed by atoms with Crippen LogP contribution in [0.25, 0.3) is 5.69 Å². The minimum atomic E-state index is 0.0761. The average molecular weight is 377 g/mol. The Labute approximate surface area is 165 Å². The van der Waals surface area contributed by atoms with E-state index in [-0.39, 0.29) is 11.9 Å². The molecular formula is C22H27N5O. The minimum Gasteiger partial charge on any atom is -0.334 e. The van der Waals surface area contributed by atoms with Crippen molar-refractivity contribution in [3.8, 4) is 5.69 Å². The quantitative estimate of drug-likeness (QED) is 0.699. The van der Waals surface area contributed by atoms with Crippen LogP contribution in [0.5, 0.6) is 0 Å². The number of hydrogen-bond donors (Lipinski definition) is 0. The van der Waals surface area contributed by atoms with E-state index in [2.05, 4.69) is 10.2 Å². The van der Waals surface area contributed by atoms with Crippen molar-refractivity contribution >= 4 is 5.91 Å². The molecule has 1 aromatic carbocycles. The van der Waals surface area contributed by atoms with Crippen LogP contribution < -0.4 is 0 Å². The number of benzene rings is 1. The van der Waals surface area contributed by atoms with Gasteiger partial charge in [0, 0.05) is 31.0 Å². The molecule has 0 radical (unpaired) electrons. The van der Waals surface area contributed by atoms with Gasteiger partial charge in [-0.1, -0.05) is 18.2 Å². The van der Waals surface area contributed by atoms with E-state index in [1.54, 1.807) is 0 Å². The van der Waals surface area contributed by atoms with Crippen molar-refractivity contribution in [2.75, 3.05) is 6.54 Å². The van der Waals surface area contributed by atoms with Gasteiger partial charge < -0.3 is 4.90 Å². The number of piperidine rings is 1. The summed E-state index contributed by atoms with van der Waals surface area (Å²) in [7, 11) is 1.92. The van der Waals surface area contributed by atoms with Gasteiger partial charge in [-0.15, -0.1) is 0 Å². The molecule has 0 N–H and O–H groups in total. The number of carbonyl (C=O) groups is 1. The molecule has 0 saturated carbocycles. The lowest BCUT2D eigenvalue weighted by atomic mass is 9.98. The number of nitrogens with zero attached hydrogens (tertiary/aromatic N) is 5. The van der Waals surface area contributed by atoms with Gasteiger partial charge in [0.15, 0.2) is 0 Å². The van der Waals surface area contributed by atoms with Crippen LogP contribution in [0, 0.1) is 13.8 Å². The van der Waals surface area contributed by atoms with Crippen molar-refractivity contribution in [3.63, 3.8) is 0 Å². The molecule has 1 atom stereocenters. The Hall–Kier alpha value is -2.89. The molecule has 1 saturated heterocycles. The predicted octanol–water partition coefficient (Wildman–Crippen LogP) is 3.52. The van der Waals surface area contributed by atoms with Crippen LogP contribution in [0.1, 0.15) is 47.9 Å². The van der Waals surface area contributed by atoms with Crippen molar-refractivity contribution in [3.05, 3.63) is 65.2 Å². The van der Waals surface area contributed by atoms with Crippen LogP contribution in [0.3, 0.4) is 0 Å². The Morgan fingerprint density at radius 1 is 1.11 bits per heavy atom. The maximum atomic E-state index is 13.3. The van der Waals surface area contributed by atoms with Gasteiger partial charge in [0.05, 0.1) is 29.5 Å². The number of para-hydroxylation sites is 1. The third kappa shape index (κ3) is 3.46. The molecule has 3 aromatic rings. The summed E-state index contributed by atoms with van der Waals surface area (Å²) in [4.78, 5) is 15.3. The molecule has 1 fully saturated rings. The van der Waals surface area contributed by atoms with Gasteiger partial charge in [0.2, 0.25) is 5.91 Å². The Balaban J connectivity index is 1.58. The van der Waals surface area contributed by atoms with Crippen LogP contribution in [0.2, 0.25) is 0 Å². The molecule has 146 valence electrons. The second-order valence-corrected chi connectivity index (χ2v) is 7.59. The summed E-state index contributed by atoms with van der Waals surface area (Å²) in [6.07, 6.45) is 5.49. The van der Waals surface area contributed by atoms with E-state index in [0.717, 1.165) is 54.1 Å². The first-order chi connectivity index (χ1) is 13.5. The monoisotopic (exact) mass is 377 g/mol. The third-order valence-electron chi connectivity index (χ3n) is 5.67. The van der Waals surface area contributed by atoms with Crippen LogP contribution >= 0.6 is 0 Å². The topological polar surface area (TPSA) is 56.0 Å². The second-order valence-electron chi connectivity index (χ2n) is 7.59. The first kappa shape index (κ1) is 18.5. The Morgan fingerprint density at radius 2 is 1.89 bits per heavy atom. The molecule has 2 aromatic heterocycles. The highest BCUT2D eigenvalue weighted by atomic mass is 16.2. The number of carbonyl (C=O) groups excluding carboxylic acids is 1. The van der Waals surface area contributed by atoms with Gasteiger partial charge >= 0.3 is 0 Å². The molecule has 4 rings (SSSR count). The summed E-state index contributed by atoms with van der Waals surface area (Å²) in [5.41, 5.74) is 4.99. The van der Waals surface area contributed by atoms with Crippen LogP contribution in [-0.2, 0) is 18.3 Å². The van der Waals surface area contributed by atoms with Gasteiger partial charge in [-0.3, -0.25) is 9.48 Å². The number of hydrogen-bond acceptors (Lipinski definition) is 3. The first-order valence-electron chi connectivity index (χ1n) is 9.94. The fourth-order valence-electron chi connectivity index (χ4n) is 4.15. The Morgan fingerprint density at radius 3 is 2.61 bits per heavy atom. The second kappa shape index (κ2) is 7.62. The van der Waals surface area contributed by atoms with Crippen LogP contribution in [-0.4, -0.2) is 36.9 Å². The minimum absolute atomic E-state index is 0.0761. The van der Waals surface area contributed by atoms with E-state index in [9.17, 15) is 4.79 Å². The number of amides is 1. The fourth-order valence-corrected chi connectivity index (χ4v) is 4.15. The number of aryl methyl sites for hydroxylation is 2. The standard InChI is InChI=1S/C22H27N5O/c1-16-19(17(2)27(23-16)18-9-5-4-6-10-18)15-22(28)26-13-8-7-11-21(26)20-12-14-25(3)24-20/h4-6,9-10,12,14,21H,7-8,11,13,15H2,1-3H3/t21-/m0/s1.